The number of rotatable bonds is 2. The van der Waals surface area contributed by atoms with Crippen molar-refractivity contribution in [3.63, 3.8) is 0 Å². The summed E-state index contributed by atoms with van der Waals surface area (Å²) in [7, 11) is 5.40. The number of carboxylic acid groups (broad SMARTS) is 1. The summed E-state index contributed by atoms with van der Waals surface area (Å²) in [6.07, 6.45) is 0. The molecule has 0 aliphatic heterocycles. The Labute approximate surface area is 53.9 Å². The number of quaternary nitrogens is 1. The molecule has 0 aliphatic carbocycles. The standard InChI is InChI=1S/C5H11NO2.FH/c1-6(2,3)4-5(7)8;/h4H2,1-3H3;1H/p-1. The van der Waals surface area contributed by atoms with Crippen LogP contribution in [0.4, 0.5) is 0 Å². The first-order chi connectivity index (χ1) is 3.42. The molecule has 9 heavy (non-hydrogen) atoms. The summed E-state index contributed by atoms with van der Waals surface area (Å²) in [5, 5.41) is 9.89. The van der Waals surface area contributed by atoms with Crippen LogP contribution in [0, 0.1) is 0 Å². The molecule has 0 amide bonds. The summed E-state index contributed by atoms with van der Waals surface area (Å²) in [4.78, 5) is 9.89. The third-order valence-electron chi connectivity index (χ3n) is 0.603. The molecule has 0 radical (unpaired) electrons. The van der Waals surface area contributed by atoms with Gasteiger partial charge in [0.1, 0.15) is 6.54 Å². The van der Waals surface area contributed by atoms with Gasteiger partial charge in [-0.1, -0.05) is 0 Å². The molecule has 0 rings (SSSR count). The number of halogens is 1. The van der Waals surface area contributed by atoms with E-state index >= 15 is 0 Å². The van der Waals surface area contributed by atoms with E-state index in [-0.39, 0.29) is 11.2 Å². The molecule has 0 aromatic carbocycles. The second kappa shape index (κ2) is 3.40. The number of nitrogens with zero attached hydrogens (tertiary/aromatic N) is 1. The van der Waals surface area contributed by atoms with Crippen molar-refractivity contribution in [3.05, 3.63) is 0 Å². The van der Waals surface area contributed by atoms with Gasteiger partial charge >= 0.3 is 0 Å². The van der Waals surface area contributed by atoms with Crippen molar-refractivity contribution >= 4 is 5.97 Å². The molecular formula is C5H11FNO2-. The van der Waals surface area contributed by atoms with Crippen molar-refractivity contribution in [2.24, 2.45) is 0 Å². The van der Waals surface area contributed by atoms with E-state index in [0.717, 1.165) is 0 Å². The third kappa shape index (κ3) is 11.1. The van der Waals surface area contributed by atoms with Crippen LogP contribution in [0.5, 0.6) is 0 Å². The van der Waals surface area contributed by atoms with Crippen LogP contribution < -0.4 is 9.81 Å². The van der Waals surface area contributed by atoms with Gasteiger partial charge in [-0.15, -0.1) is 0 Å². The van der Waals surface area contributed by atoms with Gasteiger partial charge in [0.05, 0.1) is 27.1 Å². The highest BCUT2D eigenvalue weighted by Crippen LogP contribution is 1.84. The normalized spacial score (nSPS) is 10.1. The van der Waals surface area contributed by atoms with Gasteiger partial charge in [-0.05, 0) is 0 Å². The predicted octanol–water partition coefficient (Wildman–Crippen LogP) is -4.55. The quantitative estimate of drug-likeness (QED) is 0.359. The van der Waals surface area contributed by atoms with Gasteiger partial charge in [-0.2, -0.15) is 0 Å². The van der Waals surface area contributed by atoms with Crippen molar-refractivity contribution in [2.75, 3.05) is 27.7 Å². The molecule has 0 bridgehead atoms. The van der Waals surface area contributed by atoms with Gasteiger partial charge < -0.3 is 19.1 Å². The molecular weight excluding hydrogens is 125 g/mol. The predicted molar refractivity (Wildman–Crippen MR) is 27.9 cm³/mol. The minimum atomic E-state index is -1.00. The van der Waals surface area contributed by atoms with Gasteiger partial charge in [0.2, 0.25) is 0 Å². The summed E-state index contributed by atoms with van der Waals surface area (Å²) in [6.45, 7) is 0.0694. The van der Waals surface area contributed by atoms with Crippen LogP contribution in [0.3, 0.4) is 0 Å². The van der Waals surface area contributed by atoms with Gasteiger partial charge in [0.15, 0.2) is 0 Å². The van der Waals surface area contributed by atoms with E-state index in [9.17, 15) is 9.90 Å². The van der Waals surface area contributed by atoms with Crippen molar-refractivity contribution in [3.8, 4) is 0 Å². The maximum Gasteiger partial charge on any atom is 0.118 e. The monoisotopic (exact) mass is 136 g/mol. The lowest BCUT2D eigenvalue weighted by Crippen LogP contribution is -3.00. The molecule has 0 heterocycles. The van der Waals surface area contributed by atoms with Crippen LogP contribution in [0.25, 0.3) is 0 Å². The third-order valence-corrected chi connectivity index (χ3v) is 0.603. The zero-order valence-corrected chi connectivity index (χ0v) is 5.85. The van der Waals surface area contributed by atoms with Gasteiger partial charge in [0, 0.05) is 0 Å². The molecule has 56 valence electrons. The lowest BCUT2D eigenvalue weighted by molar-refractivity contribution is -0.864. The Bertz CT molecular complexity index is 97.6. The lowest BCUT2D eigenvalue weighted by atomic mass is 10.5. The van der Waals surface area contributed by atoms with Gasteiger partial charge in [-0.3, -0.25) is 0 Å². The number of aliphatic carboxylic acids is 1. The van der Waals surface area contributed by atoms with Crippen LogP contribution in [0.1, 0.15) is 0 Å². The number of carbonyl (C=O) groups is 1. The lowest BCUT2D eigenvalue weighted by Gasteiger charge is -2.23. The Morgan fingerprint density at radius 3 is 1.78 bits per heavy atom. The van der Waals surface area contributed by atoms with Crippen molar-refractivity contribution in [1.29, 1.82) is 0 Å². The fourth-order valence-electron chi connectivity index (χ4n) is 0.387. The van der Waals surface area contributed by atoms with E-state index in [1.165, 1.54) is 0 Å². The highest BCUT2D eigenvalue weighted by Gasteiger charge is 2.04. The molecule has 0 N–H and O–H groups in total. The van der Waals surface area contributed by atoms with Crippen LogP contribution in [0.2, 0.25) is 0 Å². The molecule has 0 spiro atoms. The zero-order valence-electron chi connectivity index (χ0n) is 5.85. The van der Waals surface area contributed by atoms with Crippen molar-refractivity contribution in [2.45, 2.75) is 0 Å². The molecule has 0 aromatic heterocycles. The van der Waals surface area contributed by atoms with E-state index in [4.69, 9.17) is 0 Å². The molecule has 0 saturated heterocycles. The van der Waals surface area contributed by atoms with Crippen molar-refractivity contribution in [1.82, 2.24) is 0 Å². The summed E-state index contributed by atoms with van der Waals surface area (Å²) < 4.78 is 0.419. The van der Waals surface area contributed by atoms with E-state index in [1.807, 2.05) is 0 Å². The highest BCUT2D eigenvalue weighted by molar-refractivity contribution is 5.65. The fourth-order valence-corrected chi connectivity index (χ4v) is 0.387. The second-order valence-electron chi connectivity index (χ2n) is 2.82. The van der Waals surface area contributed by atoms with Crippen LogP contribution >= 0.6 is 0 Å². The SMILES string of the molecule is C[N+](C)(C)CC(=O)[O-].[F-]. The zero-order chi connectivity index (χ0) is 6.78. The highest BCUT2D eigenvalue weighted by atomic mass is 19.0. The van der Waals surface area contributed by atoms with E-state index in [1.54, 1.807) is 21.1 Å². The van der Waals surface area contributed by atoms with Gasteiger partial charge in [-0.25, -0.2) is 0 Å². The molecule has 0 fully saturated rings. The topological polar surface area (TPSA) is 40.1 Å². The Balaban J connectivity index is 0. The Morgan fingerprint density at radius 1 is 1.44 bits per heavy atom. The summed E-state index contributed by atoms with van der Waals surface area (Å²) >= 11 is 0. The summed E-state index contributed by atoms with van der Waals surface area (Å²) in [6, 6.07) is 0. The molecule has 0 aromatic rings. The second-order valence-corrected chi connectivity index (χ2v) is 2.82. The number of likely N-dealkylation sites (N-methyl/N-ethyl adjacent to an activating group) is 1. The Kier molecular flexibility index (Phi) is 4.23. The number of carboxylic acids is 1. The minimum Gasteiger partial charge on any atom is -1.00 e. The molecule has 3 nitrogen and oxygen atoms in total. The number of carbonyl (C=O) groups excluding carboxylic acids is 1. The smallest absolute Gasteiger partial charge is 0.118 e. The van der Waals surface area contributed by atoms with Crippen molar-refractivity contribution < 1.29 is 19.1 Å². The van der Waals surface area contributed by atoms with E-state index in [0.29, 0.717) is 4.48 Å². The molecule has 0 atom stereocenters. The van der Waals surface area contributed by atoms with E-state index in [2.05, 4.69) is 0 Å². The maximum atomic E-state index is 9.89. The first-order valence-corrected chi connectivity index (χ1v) is 2.42. The maximum absolute atomic E-state index is 9.89. The van der Waals surface area contributed by atoms with Crippen LogP contribution in [-0.4, -0.2) is 38.1 Å². The van der Waals surface area contributed by atoms with Crippen LogP contribution in [0.15, 0.2) is 0 Å². The Morgan fingerprint density at radius 2 is 1.78 bits per heavy atom. The average Bonchev–Trinajstić information content (AvgIpc) is 1.21. The summed E-state index contributed by atoms with van der Waals surface area (Å²) in [5.41, 5.74) is 0. The Hall–Kier alpha value is -0.640. The minimum absolute atomic E-state index is 0. The molecule has 0 aliphatic rings. The fraction of sp³-hybridized carbons (Fsp3) is 0.800. The average molecular weight is 136 g/mol. The van der Waals surface area contributed by atoms with E-state index < -0.39 is 5.97 Å². The first kappa shape index (κ1) is 11.2. The van der Waals surface area contributed by atoms with Crippen LogP contribution in [-0.2, 0) is 4.79 Å². The molecule has 0 unspecified atom stereocenters. The number of hydrogen-bond donors (Lipinski definition) is 0. The molecule has 4 heteroatoms. The van der Waals surface area contributed by atoms with Gasteiger partial charge in [0.25, 0.3) is 0 Å². The summed E-state index contributed by atoms with van der Waals surface area (Å²) in [5.74, 6) is -1.00. The molecule has 0 saturated carbocycles. The number of hydrogen-bond acceptors (Lipinski definition) is 2. The largest absolute Gasteiger partial charge is 1.00 e. The first-order valence-electron chi connectivity index (χ1n) is 2.42.